The van der Waals surface area contributed by atoms with Gasteiger partial charge < -0.3 is 15.5 Å². The van der Waals surface area contributed by atoms with Crippen molar-refractivity contribution in [1.29, 1.82) is 0 Å². The summed E-state index contributed by atoms with van der Waals surface area (Å²) in [5, 5.41) is 5.45. The molecule has 2 heterocycles. The first-order chi connectivity index (χ1) is 15.1. The van der Waals surface area contributed by atoms with E-state index in [2.05, 4.69) is 15.6 Å². The van der Waals surface area contributed by atoms with E-state index in [9.17, 15) is 22.8 Å². The van der Waals surface area contributed by atoms with Gasteiger partial charge >= 0.3 is 6.18 Å². The molecule has 0 saturated carbocycles. The number of aromatic nitrogens is 1. The Hall–Kier alpha value is -3.14. The number of rotatable bonds is 6. The quantitative estimate of drug-likeness (QED) is 0.709. The van der Waals surface area contributed by atoms with Crippen LogP contribution in [-0.2, 0) is 15.8 Å². The molecule has 2 aromatic rings. The average Bonchev–Trinajstić information content (AvgIpc) is 2.75. The SMILES string of the molecule is Cc1cccc(C)c1NC(=O)CNC(=O)CN1CCN(c2ccc(C(F)(F)F)cn2)CC1. The van der Waals surface area contributed by atoms with Crippen molar-refractivity contribution in [3.63, 3.8) is 0 Å². The van der Waals surface area contributed by atoms with E-state index in [0.29, 0.717) is 32.0 Å². The van der Waals surface area contributed by atoms with E-state index in [0.717, 1.165) is 29.1 Å². The van der Waals surface area contributed by atoms with Crippen molar-refractivity contribution in [1.82, 2.24) is 15.2 Å². The van der Waals surface area contributed by atoms with Gasteiger partial charge in [0.25, 0.3) is 0 Å². The lowest BCUT2D eigenvalue weighted by Crippen LogP contribution is -2.50. The number of amides is 2. The van der Waals surface area contributed by atoms with E-state index < -0.39 is 11.7 Å². The van der Waals surface area contributed by atoms with E-state index >= 15 is 0 Å². The molecule has 7 nitrogen and oxygen atoms in total. The molecule has 1 fully saturated rings. The van der Waals surface area contributed by atoms with E-state index in [4.69, 9.17) is 0 Å². The predicted octanol–water partition coefficient (Wildman–Crippen LogP) is 2.59. The topological polar surface area (TPSA) is 77.6 Å². The van der Waals surface area contributed by atoms with E-state index in [1.165, 1.54) is 6.07 Å². The minimum atomic E-state index is -4.41. The lowest BCUT2D eigenvalue weighted by Gasteiger charge is -2.35. The number of nitrogens with one attached hydrogen (secondary N) is 2. The van der Waals surface area contributed by atoms with Crippen molar-refractivity contribution >= 4 is 23.3 Å². The predicted molar refractivity (Wildman–Crippen MR) is 115 cm³/mol. The maximum absolute atomic E-state index is 12.7. The summed E-state index contributed by atoms with van der Waals surface area (Å²) in [6, 6.07) is 8.10. The number of anilines is 2. The van der Waals surface area contributed by atoms with Crippen LogP contribution in [-0.4, -0.2) is 61.0 Å². The molecule has 1 aliphatic heterocycles. The smallest absolute Gasteiger partial charge is 0.354 e. The van der Waals surface area contributed by atoms with Crippen LogP contribution in [0, 0.1) is 13.8 Å². The summed E-state index contributed by atoms with van der Waals surface area (Å²) >= 11 is 0. The number of aryl methyl sites for hydroxylation is 2. The first-order valence-corrected chi connectivity index (χ1v) is 10.3. The lowest BCUT2D eigenvalue weighted by atomic mass is 10.1. The summed E-state index contributed by atoms with van der Waals surface area (Å²) in [7, 11) is 0. The van der Waals surface area contributed by atoms with Gasteiger partial charge in [0.1, 0.15) is 5.82 Å². The summed E-state index contributed by atoms with van der Waals surface area (Å²) in [4.78, 5) is 32.1. The Morgan fingerprint density at radius 2 is 1.66 bits per heavy atom. The molecular formula is C22H26F3N5O2. The highest BCUT2D eigenvalue weighted by atomic mass is 19.4. The zero-order chi connectivity index (χ0) is 23.3. The number of para-hydroxylation sites is 1. The van der Waals surface area contributed by atoms with Crippen LogP contribution in [0.1, 0.15) is 16.7 Å². The zero-order valence-corrected chi connectivity index (χ0v) is 18.0. The first kappa shape index (κ1) is 23.5. The molecule has 1 aliphatic rings. The largest absolute Gasteiger partial charge is 0.417 e. The Morgan fingerprint density at radius 3 is 2.22 bits per heavy atom. The van der Waals surface area contributed by atoms with Gasteiger partial charge in [0.05, 0.1) is 18.7 Å². The maximum Gasteiger partial charge on any atom is 0.417 e. The summed E-state index contributed by atoms with van der Waals surface area (Å²) in [5.41, 5.74) is 1.87. The molecule has 2 N–H and O–H groups in total. The maximum atomic E-state index is 12.7. The number of alkyl halides is 3. The number of halogens is 3. The van der Waals surface area contributed by atoms with Gasteiger partial charge in [-0.15, -0.1) is 0 Å². The fourth-order valence-corrected chi connectivity index (χ4v) is 3.51. The van der Waals surface area contributed by atoms with Crippen LogP contribution in [0.5, 0.6) is 0 Å². The summed E-state index contributed by atoms with van der Waals surface area (Å²) in [6.07, 6.45) is -3.58. The Kier molecular flexibility index (Phi) is 7.34. The Morgan fingerprint density at radius 1 is 1.00 bits per heavy atom. The third kappa shape index (κ3) is 6.19. The number of nitrogens with zero attached hydrogens (tertiary/aromatic N) is 3. The number of benzene rings is 1. The molecule has 0 atom stereocenters. The third-order valence-electron chi connectivity index (χ3n) is 5.33. The number of pyridine rings is 1. The molecule has 1 aromatic carbocycles. The van der Waals surface area contributed by atoms with Crippen LogP contribution in [0.25, 0.3) is 0 Å². The molecule has 0 radical (unpaired) electrons. The van der Waals surface area contributed by atoms with Gasteiger partial charge in [-0.05, 0) is 37.1 Å². The van der Waals surface area contributed by atoms with Crippen LogP contribution in [0.4, 0.5) is 24.7 Å². The molecule has 3 rings (SSSR count). The Bertz CT molecular complexity index is 935. The number of hydrogen-bond donors (Lipinski definition) is 2. The summed E-state index contributed by atoms with van der Waals surface area (Å²) < 4.78 is 38.0. The number of hydrogen-bond acceptors (Lipinski definition) is 5. The van der Waals surface area contributed by atoms with Crippen LogP contribution in [0.3, 0.4) is 0 Å². The molecule has 0 unspecified atom stereocenters. The number of carbonyl (C=O) groups excluding carboxylic acids is 2. The van der Waals surface area contributed by atoms with E-state index in [1.807, 2.05) is 41.8 Å². The Labute approximate surface area is 184 Å². The lowest BCUT2D eigenvalue weighted by molar-refractivity contribution is -0.137. The van der Waals surface area contributed by atoms with Gasteiger partial charge in [0.15, 0.2) is 0 Å². The van der Waals surface area contributed by atoms with Crippen LogP contribution in [0.15, 0.2) is 36.5 Å². The normalized spacial score (nSPS) is 14.8. The van der Waals surface area contributed by atoms with Crippen molar-refractivity contribution in [2.45, 2.75) is 20.0 Å². The van der Waals surface area contributed by atoms with Crippen LogP contribution < -0.4 is 15.5 Å². The average molecular weight is 449 g/mol. The Balaban J connectivity index is 1.41. The first-order valence-electron chi connectivity index (χ1n) is 10.3. The third-order valence-corrected chi connectivity index (χ3v) is 5.33. The van der Waals surface area contributed by atoms with E-state index in [-0.39, 0.29) is 24.9 Å². The van der Waals surface area contributed by atoms with Crippen molar-refractivity contribution < 1.29 is 22.8 Å². The molecule has 0 aliphatic carbocycles. The van der Waals surface area contributed by atoms with Crippen molar-refractivity contribution in [3.8, 4) is 0 Å². The molecule has 1 aromatic heterocycles. The minimum absolute atomic E-state index is 0.123. The van der Waals surface area contributed by atoms with Crippen molar-refractivity contribution in [2.24, 2.45) is 0 Å². The number of piperazine rings is 1. The van der Waals surface area contributed by atoms with Crippen LogP contribution >= 0.6 is 0 Å². The molecule has 172 valence electrons. The molecule has 0 spiro atoms. The van der Waals surface area contributed by atoms with Crippen LogP contribution in [0.2, 0.25) is 0 Å². The van der Waals surface area contributed by atoms with E-state index in [1.54, 1.807) is 0 Å². The molecule has 10 heteroatoms. The minimum Gasteiger partial charge on any atom is -0.354 e. The zero-order valence-electron chi connectivity index (χ0n) is 18.0. The number of carbonyl (C=O) groups is 2. The molecule has 0 bridgehead atoms. The molecule has 2 amide bonds. The monoisotopic (exact) mass is 449 g/mol. The summed E-state index contributed by atoms with van der Waals surface area (Å²) in [6.45, 7) is 6.03. The molecular weight excluding hydrogens is 423 g/mol. The second kappa shape index (κ2) is 9.99. The summed E-state index contributed by atoms with van der Waals surface area (Å²) in [5.74, 6) is -0.0815. The van der Waals surface area contributed by atoms with Gasteiger partial charge in [-0.3, -0.25) is 14.5 Å². The standard InChI is InChI=1S/C22H26F3N5O2/c1-15-4-3-5-16(2)21(15)28-19(31)13-27-20(32)14-29-8-10-30(11-9-29)18-7-6-17(12-26-18)22(23,24)25/h3-7,12H,8-11,13-14H2,1-2H3,(H,27,32)(H,28,31). The molecule has 1 saturated heterocycles. The highest BCUT2D eigenvalue weighted by molar-refractivity contribution is 5.95. The van der Waals surface area contributed by atoms with Gasteiger partial charge in [0, 0.05) is 38.1 Å². The van der Waals surface area contributed by atoms with Crippen molar-refractivity contribution in [3.05, 3.63) is 53.2 Å². The second-order valence-corrected chi connectivity index (χ2v) is 7.76. The highest BCUT2D eigenvalue weighted by Crippen LogP contribution is 2.29. The highest BCUT2D eigenvalue weighted by Gasteiger charge is 2.31. The van der Waals surface area contributed by atoms with Gasteiger partial charge in [-0.25, -0.2) is 4.98 Å². The van der Waals surface area contributed by atoms with Gasteiger partial charge in [-0.1, -0.05) is 18.2 Å². The van der Waals surface area contributed by atoms with Gasteiger partial charge in [0.2, 0.25) is 11.8 Å². The van der Waals surface area contributed by atoms with Gasteiger partial charge in [-0.2, -0.15) is 13.2 Å². The fraction of sp³-hybridized carbons (Fsp3) is 0.409. The fourth-order valence-electron chi connectivity index (χ4n) is 3.51. The van der Waals surface area contributed by atoms with Crippen molar-refractivity contribution in [2.75, 3.05) is 49.5 Å². The second-order valence-electron chi connectivity index (χ2n) is 7.76. The molecule has 32 heavy (non-hydrogen) atoms.